The first-order valence-electron chi connectivity index (χ1n) is 11.4. The number of hydrogen-bond donors (Lipinski definition) is 1. The van der Waals surface area contributed by atoms with Crippen molar-refractivity contribution in [1.82, 2.24) is 4.57 Å². The number of aromatic nitrogens is 1. The first kappa shape index (κ1) is 24.6. The number of methoxy groups -OCH3 is 1. The first-order chi connectivity index (χ1) is 15.6. The molecule has 3 heterocycles. The van der Waals surface area contributed by atoms with Gasteiger partial charge >= 0.3 is 5.97 Å². The van der Waals surface area contributed by atoms with Crippen LogP contribution in [0.2, 0.25) is 0 Å². The van der Waals surface area contributed by atoms with E-state index in [0.717, 1.165) is 24.2 Å². The highest BCUT2D eigenvalue weighted by atomic mass is 16.5. The van der Waals surface area contributed by atoms with Crippen LogP contribution in [0, 0.1) is 13.8 Å². The van der Waals surface area contributed by atoms with Gasteiger partial charge in [-0.25, -0.2) is 0 Å². The van der Waals surface area contributed by atoms with E-state index in [0.29, 0.717) is 12.5 Å². The second kappa shape index (κ2) is 9.44. The number of fused-ring (bicyclic) bond motifs is 2. The van der Waals surface area contributed by atoms with Crippen LogP contribution in [-0.4, -0.2) is 40.9 Å². The molecule has 2 aliphatic rings. The van der Waals surface area contributed by atoms with Gasteiger partial charge in [-0.15, -0.1) is 13.2 Å². The molecule has 1 aromatic heterocycles. The topological polar surface area (TPSA) is 54.5 Å². The Morgan fingerprint density at radius 3 is 2.30 bits per heavy atom. The van der Waals surface area contributed by atoms with Crippen LogP contribution in [0.25, 0.3) is 22.0 Å². The number of carbonyl (C=O) groups is 1. The Balaban J connectivity index is 0.000000390. The number of aryl methyl sites for hydroxylation is 1. The summed E-state index contributed by atoms with van der Waals surface area (Å²) in [4.78, 5) is 14.6. The minimum absolute atomic E-state index is 0.189. The number of rotatable bonds is 3. The molecule has 1 fully saturated rings. The Morgan fingerprint density at radius 2 is 1.73 bits per heavy atom. The largest absolute Gasteiger partial charge is 0.469 e. The molecule has 1 atom stereocenters. The summed E-state index contributed by atoms with van der Waals surface area (Å²) < 4.78 is 7.38. The van der Waals surface area contributed by atoms with Gasteiger partial charge in [0, 0.05) is 24.7 Å². The summed E-state index contributed by atoms with van der Waals surface area (Å²) >= 11 is 0. The van der Waals surface area contributed by atoms with E-state index in [2.05, 4.69) is 73.0 Å². The number of nitrogens with zero attached hydrogens (tertiary/aromatic N) is 2. The van der Waals surface area contributed by atoms with Crippen LogP contribution in [0.4, 0.5) is 5.69 Å². The minimum atomic E-state index is -0.500. The molecule has 33 heavy (non-hydrogen) atoms. The molecule has 0 radical (unpaired) electrons. The number of aliphatic hydroxyl groups is 1. The van der Waals surface area contributed by atoms with Crippen molar-refractivity contribution < 1.29 is 14.6 Å². The Labute approximate surface area is 197 Å². The van der Waals surface area contributed by atoms with Crippen molar-refractivity contribution in [3.63, 3.8) is 0 Å². The van der Waals surface area contributed by atoms with Gasteiger partial charge in [-0.1, -0.05) is 29.8 Å². The van der Waals surface area contributed by atoms with Gasteiger partial charge in [-0.05, 0) is 62.9 Å². The molecule has 1 N–H and O–H groups in total. The molecule has 0 saturated carbocycles. The van der Waals surface area contributed by atoms with Gasteiger partial charge in [0.1, 0.15) is 0 Å². The number of benzene rings is 2. The third-order valence-electron chi connectivity index (χ3n) is 5.87. The third-order valence-corrected chi connectivity index (χ3v) is 5.87. The second-order valence-electron chi connectivity index (χ2n) is 9.65. The summed E-state index contributed by atoms with van der Waals surface area (Å²) in [6, 6.07) is 11.4. The maximum atomic E-state index is 12.2. The zero-order chi connectivity index (χ0) is 24.5. The molecule has 0 amide bonds. The van der Waals surface area contributed by atoms with Gasteiger partial charge in [0.05, 0.1) is 36.4 Å². The van der Waals surface area contributed by atoms with Crippen molar-refractivity contribution in [2.24, 2.45) is 0 Å². The molecule has 1 saturated heterocycles. The van der Waals surface area contributed by atoms with E-state index in [9.17, 15) is 4.79 Å². The summed E-state index contributed by atoms with van der Waals surface area (Å²) in [6.45, 7) is 17.6. The fourth-order valence-electron chi connectivity index (χ4n) is 4.44. The molecular weight excluding hydrogens is 412 g/mol. The molecule has 0 aliphatic carbocycles. The molecule has 5 nitrogen and oxygen atoms in total. The lowest BCUT2D eigenvalue weighted by Gasteiger charge is -2.24. The van der Waals surface area contributed by atoms with Gasteiger partial charge in [0.2, 0.25) is 0 Å². The lowest BCUT2D eigenvalue weighted by Crippen LogP contribution is -2.17. The van der Waals surface area contributed by atoms with Gasteiger partial charge in [-0.3, -0.25) is 4.79 Å². The van der Waals surface area contributed by atoms with Crippen LogP contribution in [0.15, 0.2) is 49.7 Å². The standard InChI is InChI=1S/C22H22N2O2.C4H10O.C2H4/c1-13-4-6-15(7-5-13)20-17-8-9-23-11-16-12-24(16)21(22(17)23)14(2)18(20)10-19(25)26-3;1-4(2,3)5;1-2/h4-9,16H,10-12H2,1-3H3;5H,1-3H3;1-2H2. The highest BCUT2D eigenvalue weighted by Gasteiger charge is 2.41. The van der Waals surface area contributed by atoms with Crippen molar-refractivity contribution in [3.8, 4) is 11.1 Å². The zero-order valence-corrected chi connectivity index (χ0v) is 20.7. The van der Waals surface area contributed by atoms with Crippen LogP contribution in [0.3, 0.4) is 0 Å². The second-order valence-corrected chi connectivity index (χ2v) is 9.65. The lowest BCUT2D eigenvalue weighted by atomic mass is 9.89. The fraction of sp³-hybridized carbons (Fsp3) is 0.393. The fourth-order valence-corrected chi connectivity index (χ4v) is 4.44. The van der Waals surface area contributed by atoms with Crippen molar-refractivity contribution in [2.45, 2.75) is 59.2 Å². The monoisotopic (exact) mass is 448 g/mol. The molecule has 5 rings (SSSR count). The van der Waals surface area contributed by atoms with E-state index < -0.39 is 5.60 Å². The first-order valence-corrected chi connectivity index (χ1v) is 11.4. The predicted molar refractivity (Wildman–Crippen MR) is 137 cm³/mol. The zero-order valence-electron chi connectivity index (χ0n) is 20.7. The lowest BCUT2D eigenvalue weighted by molar-refractivity contribution is -0.139. The summed E-state index contributed by atoms with van der Waals surface area (Å²) in [6.07, 6.45) is 2.50. The quantitative estimate of drug-likeness (QED) is 0.330. The van der Waals surface area contributed by atoms with Crippen LogP contribution in [-0.2, 0) is 22.5 Å². The average Bonchev–Trinajstić information content (AvgIpc) is 3.43. The van der Waals surface area contributed by atoms with Crippen LogP contribution < -0.4 is 4.90 Å². The van der Waals surface area contributed by atoms with Crippen LogP contribution in [0.1, 0.15) is 37.5 Å². The van der Waals surface area contributed by atoms with Gasteiger partial charge in [-0.2, -0.15) is 0 Å². The maximum absolute atomic E-state index is 12.2. The molecular formula is C28H36N2O3. The van der Waals surface area contributed by atoms with Crippen LogP contribution >= 0.6 is 0 Å². The smallest absolute Gasteiger partial charge is 0.310 e. The SMILES string of the molecule is C=C.CC(C)(C)O.COC(=O)Cc1c(C)c2c3c(ccn3CC3CN23)c1-c1ccc(C)cc1. The number of carbonyl (C=O) groups excluding carboxylic acids is 1. The van der Waals surface area contributed by atoms with E-state index in [-0.39, 0.29) is 5.97 Å². The summed E-state index contributed by atoms with van der Waals surface area (Å²) in [5.74, 6) is -0.189. The van der Waals surface area contributed by atoms with Gasteiger partial charge in [0.15, 0.2) is 0 Å². The summed E-state index contributed by atoms with van der Waals surface area (Å²) in [5, 5.41) is 9.76. The molecule has 176 valence electrons. The highest BCUT2D eigenvalue weighted by Crippen LogP contribution is 2.48. The Morgan fingerprint density at radius 1 is 1.12 bits per heavy atom. The molecule has 2 aromatic carbocycles. The number of ether oxygens (including phenoxy) is 1. The Hall–Kier alpha value is -3.05. The molecule has 3 aromatic rings. The van der Waals surface area contributed by atoms with Gasteiger partial charge in [0.25, 0.3) is 0 Å². The third kappa shape index (κ3) is 5.14. The van der Waals surface area contributed by atoms with E-state index in [1.807, 2.05) is 0 Å². The van der Waals surface area contributed by atoms with E-state index in [1.54, 1.807) is 20.8 Å². The van der Waals surface area contributed by atoms with Crippen molar-refractivity contribution in [2.75, 3.05) is 18.6 Å². The minimum Gasteiger partial charge on any atom is -0.469 e. The van der Waals surface area contributed by atoms with E-state index in [4.69, 9.17) is 9.84 Å². The van der Waals surface area contributed by atoms with Crippen molar-refractivity contribution in [3.05, 3.63) is 66.4 Å². The van der Waals surface area contributed by atoms with E-state index in [1.165, 1.54) is 40.4 Å². The molecule has 1 unspecified atom stereocenters. The van der Waals surface area contributed by atoms with Crippen LogP contribution in [0.5, 0.6) is 0 Å². The normalized spacial score (nSPS) is 15.6. The Bertz CT molecular complexity index is 1150. The predicted octanol–water partition coefficient (Wildman–Crippen LogP) is 5.42. The maximum Gasteiger partial charge on any atom is 0.310 e. The van der Waals surface area contributed by atoms with Crippen molar-refractivity contribution in [1.29, 1.82) is 0 Å². The number of hydrogen-bond acceptors (Lipinski definition) is 4. The molecule has 0 bridgehead atoms. The molecule has 0 spiro atoms. The number of anilines is 1. The summed E-state index contributed by atoms with van der Waals surface area (Å²) in [7, 11) is 1.46. The van der Waals surface area contributed by atoms with Gasteiger partial charge < -0.3 is 19.3 Å². The van der Waals surface area contributed by atoms with E-state index >= 15 is 0 Å². The Kier molecular flexibility index (Phi) is 7.03. The summed E-state index contributed by atoms with van der Waals surface area (Å²) in [5.41, 5.74) is 7.98. The highest BCUT2D eigenvalue weighted by molar-refractivity contribution is 6.07. The molecule has 2 aliphatic heterocycles. The molecule has 5 heteroatoms. The van der Waals surface area contributed by atoms with Crippen molar-refractivity contribution >= 4 is 22.6 Å². The number of esters is 1. The average molecular weight is 449 g/mol.